The smallest absolute Gasteiger partial charge is 0.291 e. The second-order valence-electron chi connectivity index (χ2n) is 7.92. The number of amides is 2. The largest absolute Gasteiger partial charge is 0.436 e. The van der Waals surface area contributed by atoms with Gasteiger partial charge in [-0.1, -0.05) is 0 Å². The summed E-state index contributed by atoms with van der Waals surface area (Å²) in [5.41, 5.74) is 0.657. The number of aryl methyl sites for hydroxylation is 2. The highest BCUT2D eigenvalue weighted by Crippen LogP contribution is 2.53. The van der Waals surface area contributed by atoms with Gasteiger partial charge in [0.2, 0.25) is 5.76 Å². The van der Waals surface area contributed by atoms with Crippen LogP contribution in [0.4, 0.5) is 0 Å². The van der Waals surface area contributed by atoms with E-state index in [2.05, 4.69) is 15.3 Å². The lowest BCUT2D eigenvalue weighted by atomic mass is 10.2. The van der Waals surface area contributed by atoms with Crippen LogP contribution in [0.1, 0.15) is 38.2 Å². The zero-order chi connectivity index (χ0) is 20.1. The van der Waals surface area contributed by atoms with Crippen LogP contribution in [0.15, 0.2) is 28.9 Å². The number of nitrogens with one attached hydrogen (secondary N) is 1. The van der Waals surface area contributed by atoms with Gasteiger partial charge in [0.15, 0.2) is 5.89 Å². The fourth-order valence-corrected chi connectivity index (χ4v) is 5.50. The number of nitrogens with zero attached hydrogens (tertiary/aromatic N) is 3. The highest BCUT2D eigenvalue weighted by Gasteiger charge is 2.56. The Hall–Kier alpha value is -2.74. The molecule has 0 aromatic carbocycles. The molecule has 7 nitrogen and oxygen atoms in total. The van der Waals surface area contributed by atoms with Crippen molar-refractivity contribution in [3.8, 4) is 0 Å². The molecule has 8 heteroatoms. The van der Waals surface area contributed by atoms with Gasteiger partial charge in [-0.25, -0.2) is 4.98 Å². The summed E-state index contributed by atoms with van der Waals surface area (Å²) < 4.78 is 6.49. The number of hydrogen-bond acceptors (Lipinski definition) is 6. The molecule has 150 valence electrons. The molecule has 5 rings (SSSR count). The van der Waals surface area contributed by atoms with E-state index in [1.807, 2.05) is 17.0 Å². The van der Waals surface area contributed by atoms with Crippen molar-refractivity contribution in [1.29, 1.82) is 0 Å². The molecule has 1 saturated carbocycles. The van der Waals surface area contributed by atoms with Crippen molar-refractivity contribution in [3.63, 3.8) is 0 Å². The molecule has 2 atom stereocenters. The Morgan fingerprint density at radius 1 is 1.31 bits per heavy atom. The fourth-order valence-electron chi connectivity index (χ4n) is 4.55. The Balaban J connectivity index is 1.10. The van der Waals surface area contributed by atoms with E-state index in [-0.39, 0.29) is 11.8 Å². The second-order valence-corrected chi connectivity index (χ2v) is 9.00. The SMILES string of the molecule is Cc1nc(C)c(C(=O)N2CC3C(CCNC(=O)c4cc5ccncc5s4)C3C2)o1. The lowest BCUT2D eigenvalue weighted by molar-refractivity contribution is 0.0733. The van der Waals surface area contributed by atoms with Crippen molar-refractivity contribution < 1.29 is 14.0 Å². The molecular weight excluding hydrogens is 388 g/mol. The molecule has 0 spiro atoms. The van der Waals surface area contributed by atoms with E-state index in [1.54, 1.807) is 26.2 Å². The standard InChI is InChI=1S/C21H22N4O3S/c1-11-19(28-12(2)24-11)21(27)25-9-15-14(16(15)10-25)4-6-23-20(26)17-7-13-3-5-22-8-18(13)29-17/h3,5,7-8,14-16H,4,6,9-10H2,1-2H3,(H,23,26). The number of rotatable bonds is 5. The van der Waals surface area contributed by atoms with Crippen LogP contribution in [-0.2, 0) is 0 Å². The summed E-state index contributed by atoms with van der Waals surface area (Å²) in [7, 11) is 0. The normalized spacial score (nSPS) is 22.7. The molecule has 2 aliphatic rings. The Labute approximate surface area is 172 Å². The predicted octanol–water partition coefficient (Wildman–Crippen LogP) is 3.04. The summed E-state index contributed by atoms with van der Waals surface area (Å²) in [4.78, 5) is 35.9. The number of thiophene rings is 1. The highest BCUT2D eigenvalue weighted by molar-refractivity contribution is 7.20. The maximum absolute atomic E-state index is 12.6. The summed E-state index contributed by atoms with van der Waals surface area (Å²) >= 11 is 1.47. The van der Waals surface area contributed by atoms with Gasteiger partial charge in [-0.2, -0.15) is 0 Å². The van der Waals surface area contributed by atoms with Gasteiger partial charge in [0.25, 0.3) is 11.8 Å². The molecule has 0 radical (unpaired) electrons. The zero-order valence-electron chi connectivity index (χ0n) is 16.3. The molecule has 2 fully saturated rings. The van der Waals surface area contributed by atoms with Crippen LogP contribution in [0.2, 0.25) is 0 Å². The van der Waals surface area contributed by atoms with E-state index in [4.69, 9.17) is 4.42 Å². The van der Waals surface area contributed by atoms with Crippen molar-refractivity contribution in [2.24, 2.45) is 17.8 Å². The number of piperidine rings is 1. The maximum atomic E-state index is 12.6. The molecule has 3 aromatic heterocycles. The first-order valence-electron chi connectivity index (χ1n) is 9.86. The van der Waals surface area contributed by atoms with Crippen LogP contribution in [-0.4, -0.2) is 46.3 Å². The molecule has 2 unspecified atom stereocenters. The third-order valence-electron chi connectivity index (χ3n) is 6.07. The quantitative estimate of drug-likeness (QED) is 0.698. The Bertz CT molecular complexity index is 1060. The van der Waals surface area contributed by atoms with Crippen molar-refractivity contribution in [1.82, 2.24) is 20.2 Å². The summed E-state index contributed by atoms with van der Waals surface area (Å²) in [6, 6.07) is 3.84. The summed E-state index contributed by atoms with van der Waals surface area (Å²) in [6.07, 6.45) is 4.48. The van der Waals surface area contributed by atoms with Gasteiger partial charge < -0.3 is 14.6 Å². The number of likely N-dealkylation sites (tertiary alicyclic amines) is 1. The van der Waals surface area contributed by atoms with Gasteiger partial charge in [0, 0.05) is 39.0 Å². The third-order valence-corrected chi connectivity index (χ3v) is 7.15. The van der Waals surface area contributed by atoms with E-state index in [1.165, 1.54) is 11.3 Å². The van der Waals surface area contributed by atoms with Gasteiger partial charge in [0.1, 0.15) is 0 Å². The Morgan fingerprint density at radius 3 is 2.79 bits per heavy atom. The monoisotopic (exact) mass is 410 g/mol. The van der Waals surface area contributed by atoms with Crippen LogP contribution in [0.25, 0.3) is 10.1 Å². The molecule has 2 amide bonds. The van der Waals surface area contributed by atoms with Gasteiger partial charge in [0.05, 0.1) is 15.3 Å². The molecule has 0 bridgehead atoms. The lowest BCUT2D eigenvalue weighted by Crippen LogP contribution is -2.32. The number of oxazole rings is 1. The second kappa shape index (κ2) is 6.95. The average Bonchev–Trinajstić information content (AvgIpc) is 3.11. The van der Waals surface area contributed by atoms with Gasteiger partial charge in [-0.15, -0.1) is 11.3 Å². The molecule has 1 N–H and O–H groups in total. The lowest BCUT2D eigenvalue weighted by Gasteiger charge is -2.18. The van der Waals surface area contributed by atoms with E-state index < -0.39 is 0 Å². The van der Waals surface area contributed by atoms with Gasteiger partial charge in [-0.05, 0) is 48.6 Å². The predicted molar refractivity (Wildman–Crippen MR) is 109 cm³/mol. The van der Waals surface area contributed by atoms with Gasteiger partial charge >= 0.3 is 0 Å². The van der Waals surface area contributed by atoms with Crippen molar-refractivity contribution in [2.45, 2.75) is 20.3 Å². The van der Waals surface area contributed by atoms with Crippen LogP contribution >= 0.6 is 11.3 Å². The first-order valence-corrected chi connectivity index (χ1v) is 10.7. The van der Waals surface area contributed by atoms with Crippen LogP contribution in [0.3, 0.4) is 0 Å². The molecule has 3 aromatic rings. The minimum absolute atomic E-state index is 0.0232. The highest BCUT2D eigenvalue weighted by atomic mass is 32.1. The molecule has 1 saturated heterocycles. The zero-order valence-corrected chi connectivity index (χ0v) is 17.2. The Morgan fingerprint density at radius 2 is 2.10 bits per heavy atom. The van der Waals surface area contributed by atoms with Crippen molar-refractivity contribution in [2.75, 3.05) is 19.6 Å². The Kier molecular flexibility index (Phi) is 4.38. The van der Waals surface area contributed by atoms with Crippen molar-refractivity contribution >= 4 is 33.2 Å². The fraction of sp³-hybridized carbons (Fsp3) is 0.429. The first-order chi connectivity index (χ1) is 14.0. The maximum Gasteiger partial charge on any atom is 0.291 e. The topological polar surface area (TPSA) is 88.3 Å². The van der Waals surface area contributed by atoms with Crippen LogP contribution < -0.4 is 5.32 Å². The molecule has 4 heterocycles. The number of carbonyl (C=O) groups excluding carboxylic acids is 2. The number of aromatic nitrogens is 2. The third kappa shape index (κ3) is 3.31. The molecule has 1 aliphatic heterocycles. The molecule has 29 heavy (non-hydrogen) atoms. The minimum Gasteiger partial charge on any atom is -0.436 e. The van der Waals surface area contributed by atoms with Crippen molar-refractivity contribution in [3.05, 3.63) is 46.7 Å². The number of hydrogen-bond donors (Lipinski definition) is 1. The van der Waals surface area contributed by atoms with E-state index in [0.29, 0.717) is 41.6 Å². The van der Waals surface area contributed by atoms with E-state index >= 15 is 0 Å². The number of fused-ring (bicyclic) bond motifs is 2. The number of carbonyl (C=O) groups is 2. The van der Waals surface area contributed by atoms with Gasteiger partial charge in [-0.3, -0.25) is 14.6 Å². The summed E-state index contributed by atoms with van der Waals surface area (Å²) in [6.45, 7) is 5.76. The molecule has 1 aliphatic carbocycles. The van der Waals surface area contributed by atoms with Crippen LogP contribution in [0.5, 0.6) is 0 Å². The first kappa shape index (κ1) is 18.3. The summed E-state index contributed by atoms with van der Waals surface area (Å²) in [5.74, 6) is 2.48. The van der Waals surface area contributed by atoms with E-state index in [9.17, 15) is 9.59 Å². The minimum atomic E-state index is -0.0541. The number of pyridine rings is 1. The summed E-state index contributed by atoms with van der Waals surface area (Å²) in [5, 5.41) is 4.09. The molecular formula is C21H22N4O3S. The van der Waals surface area contributed by atoms with Crippen LogP contribution in [0, 0.1) is 31.6 Å². The average molecular weight is 410 g/mol. The van der Waals surface area contributed by atoms with E-state index in [0.717, 1.165) is 34.5 Å².